The number of amides is 1. The van der Waals surface area contributed by atoms with Gasteiger partial charge in [0, 0.05) is 5.39 Å². The summed E-state index contributed by atoms with van der Waals surface area (Å²) < 4.78 is 39.6. The minimum atomic E-state index is -4.46. The molecule has 0 bridgehead atoms. The average molecular weight is 386 g/mol. The topological polar surface area (TPSA) is 42.0 Å². The normalized spacial score (nSPS) is 13.9. The Hall–Kier alpha value is -2.89. The van der Waals surface area contributed by atoms with Gasteiger partial charge in [-0.25, -0.2) is 0 Å². The molecule has 0 aliphatic heterocycles. The van der Waals surface area contributed by atoms with Gasteiger partial charge in [-0.15, -0.1) is 0 Å². The van der Waals surface area contributed by atoms with Crippen molar-refractivity contribution in [3.63, 3.8) is 0 Å². The highest BCUT2D eigenvalue weighted by atomic mass is 19.4. The molecule has 0 saturated carbocycles. The largest absolute Gasteiger partial charge is 0.390 e. The van der Waals surface area contributed by atoms with E-state index in [9.17, 15) is 18.0 Å². The maximum absolute atomic E-state index is 13.2. The Balaban J connectivity index is 1.88. The average Bonchev–Trinajstić information content (AvgIpc) is 2.61. The molecule has 1 N–H and O–H groups in total. The van der Waals surface area contributed by atoms with Gasteiger partial charge in [0.1, 0.15) is 0 Å². The highest BCUT2D eigenvalue weighted by molar-refractivity contribution is 5.97. The minimum absolute atomic E-state index is 0.0146. The monoisotopic (exact) mass is 386 g/mol. The summed E-state index contributed by atoms with van der Waals surface area (Å²) >= 11 is 0. The summed E-state index contributed by atoms with van der Waals surface area (Å²) in [5.41, 5.74) is 1.20. The van der Waals surface area contributed by atoms with Crippen molar-refractivity contribution in [2.75, 3.05) is 5.32 Å². The number of fused-ring (bicyclic) bond motifs is 1. The molecule has 0 unspecified atom stereocenters. The smallest absolute Gasteiger partial charge is 0.324 e. The van der Waals surface area contributed by atoms with Crippen molar-refractivity contribution in [1.29, 1.82) is 0 Å². The Labute approximate surface area is 161 Å². The van der Waals surface area contributed by atoms with Gasteiger partial charge in [0.25, 0.3) is 0 Å². The van der Waals surface area contributed by atoms with Gasteiger partial charge in [-0.1, -0.05) is 55.5 Å². The fraction of sp³-hybridized carbons (Fsp3) is 0.273. The van der Waals surface area contributed by atoms with Crippen LogP contribution in [0.15, 0.2) is 60.8 Å². The standard InChI is InChI=1S/C22H21F3N2O/c1-15-7-6-10-17-11-18(13-26-19(15)17)27-20(28)21(2,14-22(23,24)25)12-16-8-4-3-5-9-16/h3-11,13H,12,14H2,1-2H3,(H,27,28)/t21-/m0/s1. The molecule has 0 aliphatic rings. The Morgan fingerprint density at radius 3 is 2.46 bits per heavy atom. The van der Waals surface area contributed by atoms with Crippen LogP contribution in [0.2, 0.25) is 0 Å². The van der Waals surface area contributed by atoms with Crippen LogP contribution in [0.1, 0.15) is 24.5 Å². The van der Waals surface area contributed by atoms with E-state index in [1.807, 2.05) is 25.1 Å². The second-order valence-electron chi connectivity index (χ2n) is 7.34. The molecule has 1 amide bonds. The van der Waals surface area contributed by atoms with Crippen LogP contribution < -0.4 is 5.32 Å². The van der Waals surface area contributed by atoms with Crippen molar-refractivity contribution in [3.8, 4) is 0 Å². The maximum Gasteiger partial charge on any atom is 0.390 e. The minimum Gasteiger partial charge on any atom is -0.324 e. The molecule has 6 heteroatoms. The van der Waals surface area contributed by atoms with Gasteiger partial charge >= 0.3 is 6.18 Å². The number of hydrogen-bond donors (Lipinski definition) is 1. The van der Waals surface area contributed by atoms with Gasteiger partial charge in [0.05, 0.1) is 29.2 Å². The summed E-state index contributed by atoms with van der Waals surface area (Å²) in [5, 5.41) is 3.45. The molecule has 2 aromatic carbocycles. The van der Waals surface area contributed by atoms with E-state index in [0.29, 0.717) is 11.3 Å². The number of carbonyl (C=O) groups excluding carboxylic acids is 1. The summed E-state index contributed by atoms with van der Waals surface area (Å²) in [5.74, 6) is -0.678. The fourth-order valence-electron chi connectivity index (χ4n) is 3.38. The van der Waals surface area contributed by atoms with Crippen LogP contribution in [-0.2, 0) is 11.2 Å². The van der Waals surface area contributed by atoms with E-state index in [1.165, 1.54) is 13.1 Å². The van der Waals surface area contributed by atoms with Gasteiger partial charge in [0.15, 0.2) is 0 Å². The molecule has 0 radical (unpaired) electrons. The van der Waals surface area contributed by atoms with E-state index in [2.05, 4.69) is 10.3 Å². The molecule has 1 heterocycles. The van der Waals surface area contributed by atoms with Crippen molar-refractivity contribution in [1.82, 2.24) is 4.98 Å². The summed E-state index contributed by atoms with van der Waals surface area (Å²) in [6.07, 6.45) is -4.20. The molecule has 3 aromatic rings. The summed E-state index contributed by atoms with van der Waals surface area (Å²) in [4.78, 5) is 17.2. The molecule has 1 aromatic heterocycles. The first-order valence-corrected chi connectivity index (χ1v) is 8.94. The maximum atomic E-state index is 13.2. The number of aryl methyl sites for hydroxylation is 1. The fourth-order valence-corrected chi connectivity index (χ4v) is 3.38. The lowest BCUT2D eigenvalue weighted by Crippen LogP contribution is -2.39. The lowest BCUT2D eigenvalue weighted by Gasteiger charge is -2.29. The first-order valence-electron chi connectivity index (χ1n) is 8.94. The molecule has 0 fully saturated rings. The number of rotatable bonds is 5. The molecule has 3 nitrogen and oxygen atoms in total. The van der Waals surface area contributed by atoms with Gasteiger partial charge in [-0.2, -0.15) is 13.2 Å². The Kier molecular flexibility index (Phi) is 5.40. The van der Waals surface area contributed by atoms with Crippen LogP contribution >= 0.6 is 0 Å². The van der Waals surface area contributed by atoms with Crippen LogP contribution in [0, 0.1) is 12.3 Å². The predicted octanol–water partition coefficient (Wildman–Crippen LogP) is 5.68. The molecule has 0 aliphatic carbocycles. The number of nitrogens with zero attached hydrogens (tertiary/aromatic N) is 1. The van der Waals surface area contributed by atoms with Crippen molar-refractivity contribution >= 4 is 22.5 Å². The van der Waals surface area contributed by atoms with Crippen LogP contribution in [0.5, 0.6) is 0 Å². The highest BCUT2D eigenvalue weighted by Crippen LogP contribution is 2.37. The zero-order valence-corrected chi connectivity index (χ0v) is 15.7. The van der Waals surface area contributed by atoms with Crippen molar-refractivity contribution < 1.29 is 18.0 Å². The van der Waals surface area contributed by atoms with Gasteiger partial charge < -0.3 is 5.32 Å². The molecular weight excluding hydrogens is 365 g/mol. The SMILES string of the molecule is Cc1cccc2cc(NC(=O)[C@@](C)(Cc3ccccc3)CC(F)(F)F)cnc12. The van der Waals surface area contributed by atoms with Gasteiger partial charge in [-0.3, -0.25) is 9.78 Å². The number of halogens is 3. The zero-order chi connectivity index (χ0) is 20.4. The quantitative estimate of drug-likeness (QED) is 0.613. The van der Waals surface area contributed by atoms with Crippen molar-refractivity contribution in [2.24, 2.45) is 5.41 Å². The van der Waals surface area contributed by atoms with Crippen molar-refractivity contribution in [2.45, 2.75) is 32.9 Å². The first kappa shape index (κ1) is 19.9. The third-order valence-electron chi connectivity index (χ3n) is 4.75. The van der Waals surface area contributed by atoms with Crippen LogP contribution in [0.4, 0.5) is 18.9 Å². The molecule has 0 spiro atoms. The van der Waals surface area contributed by atoms with E-state index in [-0.39, 0.29) is 6.42 Å². The zero-order valence-electron chi connectivity index (χ0n) is 15.7. The van der Waals surface area contributed by atoms with Gasteiger partial charge in [0.2, 0.25) is 5.91 Å². The Bertz CT molecular complexity index is 986. The molecule has 3 rings (SSSR count). The predicted molar refractivity (Wildman–Crippen MR) is 104 cm³/mol. The molecule has 0 saturated heterocycles. The second kappa shape index (κ2) is 7.62. The summed E-state index contributed by atoms with van der Waals surface area (Å²) in [6.45, 7) is 3.27. The molecule has 1 atom stereocenters. The van der Waals surface area contributed by atoms with E-state index in [4.69, 9.17) is 0 Å². The second-order valence-corrected chi connectivity index (χ2v) is 7.34. The molecule has 28 heavy (non-hydrogen) atoms. The summed E-state index contributed by atoms with van der Waals surface area (Å²) in [7, 11) is 0. The third-order valence-corrected chi connectivity index (χ3v) is 4.75. The van der Waals surface area contributed by atoms with Crippen LogP contribution in [0.3, 0.4) is 0 Å². The van der Waals surface area contributed by atoms with E-state index >= 15 is 0 Å². The number of alkyl halides is 3. The number of hydrogen-bond acceptors (Lipinski definition) is 2. The number of anilines is 1. The number of carbonyl (C=O) groups is 1. The number of para-hydroxylation sites is 1. The van der Waals surface area contributed by atoms with Crippen LogP contribution in [0.25, 0.3) is 10.9 Å². The van der Waals surface area contributed by atoms with E-state index in [0.717, 1.165) is 16.5 Å². The third kappa shape index (κ3) is 4.68. The Morgan fingerprint density at radius 2 is 1.79 bits per heavy atom. The molecule has 146 valence electrons. The number of nitrogens with one attached hydrogen (secondary N) is 1. The highest BCUT2D eigenvalue weighted by Gasteiger charge is 2.44. The van der Waals surface area contributed by atoms with Gasteiger partial charge in [-0.05, 0) is 30.5 Å². The van der Waals surface area contributed by atoms with Crippen molar-refractivity contribution in [3.05, 3.63) is 71.9 Å². The Morgan fingerprint density at radius 1 is 1.07 bits per heavy atom. The van der Waals surface area contributed by atoms with E-state index < -0.39 is 23.9 Å². The number of pyridine rings is 1. The van der Waals surface area contributed by atoms with Crippen LogP contribution in [-0.4, -0.2) is 17.1 Å². The van der Waals surface area contributed by atoms with E-state index in [1.54, 1.807) is 36.4 Å². The lowest BCUT2D eigenvalue weighted by atomic mass is 9.79. The number of aromatic nitrogens is 1. The molecular formula is C22H21F3N2O. The summed E-state index contributed by atoms with van der Waals surface area (Å²) in [6, 6.07) is 16.1. The lowest BCUT2D eigenvalue weighted by molar-refractivity contribution is -0.164. The number of benzene rings is 2. The first-order chi connectivity index (χ1) is 13.2.